The van der Waals surface area contributed by atoms with Crippen LogP contribution in [0.5, 0.6) is 0 Å². The molecule has 1 fully saturated rings. The number of nitrogen functional groups attached to an aromatic ring is 1. The zero-order valence-electron chi connectivity index (χ0n) is 19.7. The molecule has 4 N–H and O–H groups in total. The van der Waals surface area contributed by atoms with E-state index in [2.05, 4.69) is 15.5 Å². The van der Waals surface area contributed by atoms with Gasteiger partial charge in [0.25, 0.3) is 11.8 Å². The van der Waals surface area contributed by atoms with Crippen LogP contribution in [-0.4, -0.2) is 51.9 Å². The number of hydrogen-bond acceptors (Lipinski definition) is 9. The number of hydrogen-bond donors (Lipinski definition) is 3. The van der Waals surface area contributed by atoms with Crippen molar-refractivity contribution in [2.24, 2.45) is 0 Å². The van der Waals surface area contributed by atoms with E-state index in [1.807, 2.05) is 0 Å². The summed E-state index contributed by atoms with van der Waals surface area (Å²) in [6.45, 7) is 1.10. The van der Waals surface area contributed by atoms with E-state index in [0.717, 1.165) is 24.1 Å². The summed E-state index contributed by atoms with van der Waals surface area (Å²) < 4.78 is 55.3. The number of fused-ring (bicyclic) bond motifs is 1. The Morgan fingerprint density at radius 2 is 2.00 bits per heavy atom. The van der Waals surface area contributed by atoms with Crippen molar-refractivity contribution in [1.82, 2.24) is 10.1 Å². The number of anilines is 3. The number of benzene rings is 1. The van der Waals surface area contributed by atoms with Crippen molar-refractivity contribution in [3.05, 3.63) is 54.4 Å². The number of furan rings is 1. The average Bonchev–Trinajstić information content (AvgIpc) is 3.51. The van der Waals surface area contributed by atoms with Crippen LogP contribution in [0.3, 0.4) is 0 Å². The van der Waals surface area contributed by atoms with E-state index in [9.17, 15) is 27.9 Å². The van der Waals surface area contributed by atoms with Gasteiger partial charge in [-0.25, -0.2) is 0 Å². The van der Waals surface area contributed by atoms with Gasteiger partial charge in [-0.3, -0.25) is 19.5 Å². The first-order chi connectivity index (χ1) is 17.9. The Morgan fingerprint density at radius 1 is 1.21 bits per heavy atom. The molecular weight excluding hydrogens is 511 g/mol. The van der Waals surface area contributed by atoms with Crippen LogP contribution < -0.4 is 16.0 Å². The van der Waals surface area contributed by atoms with E-state index >= 15 is 0 Å². The van der Waals surface area contributed by atoms with Crippen LogP contribution >= 0.6 is 0 Å². The minimum absolute atomic E-state index is 0.00763. The fourth-order valence-electron chi connectivity index (χ4n) is 3.98. The maximum Gasteiger partial charge on any atom is 0.433 e. The summed E-state index contributed by atoms with van der Waals surface area (Å²) >= 11 is 0. The first-order valence-corrected chi connectivity index (χ1v) is 11.2. The van der Waals surface area contributed by atoms with Crippen molar-refractivity contribution in [2.45, 2.75) is 24.8 Å². The molecule has 0 bridgehead atoms. The van der Waals surface area contributed by atoms with E-state index < -0.39 is 35.4 Å². The van der Waals surface area contributed by atoms with Crippen LogP contribution in [0.2, 0.25) is 0 Å². The first-order valence-electron chi connectivity index (χ1n) is 11.2. The lowest BCUT2D eigenvalue weighted by atomic mass is 9.95. The van der Waals surface area contributed by atoms with Crippen LogP contribution in [0, 0.1) is 0 Å². The molecule has 0 saturated carbocycles. The Labute approximate surface area is 211 Å². The number of aromatic nitrogens is 2. The largest absolute Gasteiger partial charge is 0.440 e. The molecule has 0 spiro atoms. The van der Waals surface area contributed by atoms with Crippen LogP contribution in [0.1, 0.15) is 12.6 Å². The number of nitrogens with two attached hydrogens (primary N) is 1. The van der Waals surface area contributed by atoms with Crippen molar-refractivity contribution < 1.29 is 41.5 Å². The number of nitrogens with zero attached hydrogens (tertiary/aromatic N) is 3. The van der Waals surface area contributed by atoms with Gasteiger partial charge in [0.1, 0.15) is 11.5 Å². The summed E-state index contributed by atoms with van der Waals surface area (Å²) in [5, 5.41) is 17.7. The number of halogens is 3. The smallest absolute Gasteiger partial charge is 0.433 e. The highest BCUT2D eigenvalue weighted by atomic mass is 19.4. The van der Waals surface area contributed by atoms with Crippen molar-refractivity contribution in [3.63, 3.8) is 0 Å². The number of morpholine rings is 1. The molecule has 4 heterocycles. The third kappa shape index (κ3) is 4.54. The molecule has 198 valence electrons. The van der Waals surface area contributed by atoms with E-state index in [0.29, 0.717) is 11.0 Å². The molecule has 2 unspecified atom stereocenters. The third-order valence-electron chi connectivity index (χ3n) is 6.01. The summed E-state index contributed by atoms with van der Waals surface area (Å²) in [7, 11) is 0. The van der Waals surface area contributed by atoms with Crippen LogP contribution in [0.15, 0.2) is 57.6 Å². The highest BCUT2D eigenvalue weighted by Crippen LogP contribution is 2.34. The van der Waals surface area contributed by atoms with Gasteiger partial charge in [0.2, 0.25) is 5.88 Å². The second-order valence-electron chi connectivity index (χ2n) is 8.69. The summed E-state index contributed by atoms with van der Waals surface area (Å²) in [6, 6.07) is 9.51. The molecule has 5 rings (SSSR count). The maximum absolute atomic E-state index is 13.2. The SMILES string of the molecule is CC(O)(C(=O)Nc1ccc2c(N)noc2c1)C1OCCN(c2ccc(-c3ccnc(C(F)(F)F)c3)o2)C1=O. The van der Waals surface area contributed by atoms with Crippen molar-refractivity contribution >= 4 is 40.2 Å². The number of pyridine rings is 1. The van der Waals surface area contributed by atoms with Crippen molar-refractivity contribution in [2.75, 3.05) is 29.1 Å². The summed E-state index contributed by atoms with van der Waals surface area (Å²) in [5.74, 6) is -1.45. The third-order valence-corrected chi connectivity index (χ3v) is 6.01. The zero-order chi connectivity index (χ0) is 27.2. The van der Waals surface area contributed by atoms with Gasteiger partial charge in [-0.1, -0.05) is 5.16 Å². The Bertz CT molecular complexity index is 1530. The number of aliphatic hydroxyl groups is 1. The first kappa shape index (κ1) is 25.2. The van der Waals surface area contributed by atoms with Gasteiger partial charge in [0, 0.05) is 29.6 Å². The summed E-state index contributed by atoms with van der Waals surface area (Å²) in [6.07, 6.45) is -5.24. The highest BCUT2D eigenvalue weighted by molar-refractivity contribution is 6.06. The molecular formula is C24H20F3N5O6. The quantitative estimate of drug-likeness (QED) is 0.352. The minimum atomic E-state index is -4.64. The van der Waals surface area contributed by atoms with Gasteiger partial charge in [-0.05, 0) is 37.3 Å². The second kappa shape index (κ2) is 9.15. The molecule has 1 aromatic carbocycles. The highest BCUT2D eigenvalue weighted by Gasteiger charge is 2.49. The number of carbonyl (C=O) groups excluding carboxylic acids is 2. The molecule has 2 amide bonds. The van der Waals surface area contributed by atoms with E-state index in [-0.39, 0.29) is 41.9 Å². The molecule has 0 radical (unpaired) electrons. The molecule has 0 aliphatic carbocycles. The number of alkyl halides is 3. The normalized spacial score (nSPS) is 18.0. The summed E-state index contributed by atoms with van der Waals surface area (Å²) in [4.78, 5) is 30.7. The standard InChI is InChI=1S/C24H20F3N5O6/c1-23(35,22(34)30-13-2-3-14-16(11-13)38-31-20(14)28)19-21(33)32(8-9-36-19)18-5-4-15(37-18)12-6-7-29-17(10-12)24(25,26)27/h2-7,10-11,19,35H,8-9H2,1H3,(H2,28,31)(H,30,34). The predicted octanol–water partition coefficient (Wildman–Crippen LogP) is 3.21. The van der Waals surface area contributed by atoms with Crippen LogP contribution in [0.25, 0.3) is 22.3 Å². The Morgan fingerprint density at radius 3 is 2.76 bits per heavy atom. The van der Waals surface area contributed by atoms with Crippen molar-refractivity contribution in [3.8, 4) is 11.3 Å². The number of amides is 2. The van der Waals surface area contributed by atoms with Gasteiger partial charge in [0.15, 0.2) is 23.1 Å². The van der Waals surface area contributed by atoms with Gasteiger partial charge in [0.05, 0.1) is 18.5 Å². The molecule has 2 atom stereocenters. The van der Waals surface area contributed by atoms with Crippen molar-refractivity contribution in [1.29, 1.82) is 0 Å². The monoisotopic (exact) mass is 531 g/mol. The number of carbonyl (C=O) groups is 2. The molecule has 1 aliphatic rings. The van der Waals surface area contributed by atoms with Gasteiger partial charge < -0.3 is 29.8 Å². The lowest BCUT2D eigenvalue weighted by Gasteiger charge is -2.37. The number of rotatable bonds is 5. The van der Waals surface area contributed by atoms with Gasteiger partial charge in [-0.2, -0.15) is 13.2 Å². The number of nitrogens with one attached hydrogen (secondary N) is 1. The van der Waals surface area contributed by atoms with Crippen LogP contribution in [0.4, 0.5) is 30.6 Å². The topological polar surface area (TPSA) is 157 Å². The average molecular weight is 531 g/mol. The summed E-state index contributed by atoms with van der Waals surface area (Å²) in [5.41, 5.74) is 2.94. The van der Waals surface area contributed by atoms with Crippen LogP contribution in [-0.2, 0) is 20.5 Å². The fraction of sp³-hybridized carbons (Fsp3) is 0.250. The number of ether oxygens (including phenoxy) is 1. The molecule has 14 heteroatoms. The van der Waals surface area contributed by atoms with Gasteiger partial charge in [-0.15, -0.1) is 0 Å². The zero-order valence-corrected chi connectivity index (χ0v) is 19.7. The molecule has 3 aromatic heterocycles. The molecule has 1 saturated heterocycles. The maximum atomic E-state index is 13.2. The fourth-order valence-corrected chi connectivity index (χ4v) is 3.98. The van der Waals surface area contributed by atoms with E-state index in [1.54, 1.807) is 6.07 Å². The Kier molecular flexibility index (Phi) is 6.07. The predicted molar refractivity (Wildman–Crippen MR) is 127 cm³/mol. The van der Waals surface area contributed by atoms with E-state index in [4.69, 9.17) is 19.4 Å². The lowest BCUT2D eigenvalue weighted by Crippen LogP contribution is -2.61. The minimum Gasteiger partial charge on any atom is -0.440 e. The Balaban J connectivity index is 1.34. The second-order valence-corrected chi connectivity index (χ2v) is 8.69. The lowest BCUT2D eigenvalue weighted by molar-refractivity contribution is -0.165. The van der Waals surface area contributed by atoms with E-state index in [1.165, 1.54) is 30.3 Å². The molecule has 4 aromatic rings. The Hall–Kier alpha value is -4.43. The molecule has 38 heavy (non-hydrogen) atoms. The van der Waals surface area contributed by atoms with Gasteiger partial charge >= 0.3 is 6.18 Å². The molecule has 11 nitrogen and oxygen atoms in total. The molecule has 1 aliphatic heterocycles.